The van der Waals surface area contributed by atoms with Gasteiger partial charge in [0.15, 0.2) is 12.6 Å². The molecule has 2 aliphatic heterocycles. The SMILES string of the molecule is C[C@H]1OC(O)C[C@@H](O)[C@H]1O[C@@H]1O[C@H](CO)[C@@H](O)[C@H](O)[C@H]1O. The molecule has 6 N–H and O–H groups in total. The molecule has 124 valence electrons. The first kappa shape index (κ1) is 17.0. The van der Waals surface area contributed by atoms with Crippen LogP contribution in [-0.2, 0) is 14.2 Å². The largest absolute Gasteiger partial charge is 0.394 e. The fourth-order valence-corrected chi connectivity index (χ4v) is 2.57. The second-order valence-corrected chi connectivity index (χ2v) is 5.40. The highest BCUT2D eigenvalue weighted by atomic mass is 16.7. The maximum Gasteiger partial charge on any atom is 0.187 e. The van der Waals surface area contributed by atoms with Crippen LogP contribution >= 0.6 is 0 Å². The molecule has 0 aromatic rings. The second kappa shape index (κ2) is 6.82. The predicted octanol–water partition coefficient (Wildman–Crippen LogP) is -3.34. The fourth-order valence-electron chi connectivity index (χ4n) is 2.57. The van der Waals surface area contributed by atoms with Crippen molar-refractivity contribution in [1.82, 2.24) is 0 Å². The van der Waals surface area contributed by atoms with Crippen LogP contribution < -0.4 is 0 Å². The Morgan fingerprint density at radius 3 is 2.24 bits per heavy atom. The summed E-state index contributed by atoms with van der Waals surface area (Å²) < 4.78 is 15.7. The summed E-state index contributed by atoms with van der Waals surface area (Å²) in [6.07, 6.45) is -10.8. The molecule has 0 aromatic carbocycles. The van der Waals surface area contributed by atoms with Crippen LogP contribution in [0, 0.1) is 0 Å². The Labute approximate surface area is 121 Å². The van der Waals surface area contributed by atoms with Crippen molar-refractivity contribution in [2.75, 3.05) is 6.61 Å². The van der Waals surface area contributed by atoms with E-state index in [1.807, 2.05) is 0 Å². The van der Waals surface area contributed by atoms with Crippen molar-refractivity contribution in [2.24, 2.45) is 0 Å². The summed E-state index contributed by atoms with van der Waals surface area (Å²) in [5.41, 5.74) is 0. The van der Waals surface area contributed by atoms with Crippen molar-refractivity contribution >= 4 is 0 Å². The Bertz CT molecular complexity index is 327. The number of hydrogen-bond donors (Lipinski definition) is 6. The number of aliphatic hydroxyl groups excluding tert-OH is 6. The molecule has 2 heterocycles. The molecule has 9 atom stereocenters. The molecular weight excluding hydrogens is 288 g/mol. The Morgan fingerprint density at radius 2 is 1.67 bits per heavy atom. The minimum absolute atomic E-state index is 0.0631. The minimum atomic E-state index is -1.55. The van der Waals surface area contributed by atoms with Crippen LogP contribution in [0.1, 0.15) is 13.3 Å². The molecule has 2 rings (SSSR count). The molecule has 9 nitrogen and oxygen atoms in total. The topological polar surface area (TPSA) is 149 Å². The van der Waals surface area contributed by atoms with Gasteiger partial charge in [-0.05, 0) is 6.92 Å². The first-order valence-corrected chi connectivity index (χ1v) is 6.82. The molecule has 0 saturated carbocycles. The van der Waals surface area contributed by atoms with Gasteiger partial charge >= 0.3 is 0 Å². The molecule has 2 fully saturated rings. The van der Waals surface area contributed by atoms with Crippen molar-refractivity contribution in [1.29, 1.82) is 0 Å². The molecule has 0 radical (unpaired) electrons. The molecule has 0 spiro atoms. The molecule has 0 bridgehead atoms. The van der Waals surface area contributed by atoms with Gasteiger partial charge in [0.1, 0.15) is 30.5 Å². The van der Waals surface area contributed by atoms with Gasteiger partial charge in [-0.3, -0.25) is 0 Å². The predicted molar refractivity (Wildman–Crippen MR) is 65.8 cm³/mol. The summed E-state index contributed by atoms with van der Waals surface area (Å²) in [5, 5.41) is 57.5. The van der Waals surface area contributed by atoms with Crippen LogP contribution in [0.15, 0.2) is 0 Å². The number of ether oxygens (including phenoxy) is 3. The molecule has 1 unspecified atom stereocenters. The lowest BCUT2D eigenvalue weighted by atomic mass is 9.98. The summed E-state index contributed by atoms with van der Waals surface area (Å²) >= 11 is 0. The van der Waals surface area contributed by atoms with Gasteiger partial charge in [0.25, 0.3) is 0 Å². The molecule has 2 aliphatic rings. The second-order valence-electron chi connectivity index (χ2n) is 5.40. The zero-order valence-corrected chi connectivity index (χ0v) is 11.5. The average Bonchev–Trinajstić information content (AvgIpc) is 2.42. The van der Waals surface area contributed by atoms with Crippen molar-refractivity contribution in [3.63, 3.8) is 0 Å². The molecule has 0 aliphatic carbocycles. The quantitative estimate of drug-likeness (QED) is 0.314. The van der Waals surface area contributed by atoms with E-state index in [1.165, 1.54) is 0 Å². The van der Waals surface area contributed by atoms with E-state index in [-0.39, 0.29) is 6.42 Å². The monoisotopic (exact) mass is 310 g/mol. The van der Waals surface area contributed by atoms with Crippen LogP contribution in [0.5, 0.6) is 0 Å². The summed E-state index contributed by atoms with van der Waals surface area (Å²) in [5.74, 6) is 0. The zero-order chi connectivity index (χ0) is 15.7. The molecule has 2 saturated heterocycles. The Hall–Kier alpha value is -0.360. The molecule has 0 aromatic heterocycles. The van der Waals surface area contributed by atoms with E-state index in [4.69, 9.17) is 19.3 Å². The van der Waals surface area contributed by atoms with Crippen molar-refractivity contribution in [3.05, 3.63) is 0 Å². The number of rotatable bonds is 3. The van der Waals surface area contributed by atoms with Gasteiger partial charge < -0.3 is 44.8 Å². The van der Waals surface area contributed by atoms with E-state index in [0.717, 1.165) is 0 Å². The summed E-state index contributed by atoms with van der Waals surface area (Å²) in [6, 6.07) is 0. The molecular formula is C12H22O9. The third kappa shape index (κ3) is 3.52. The average molecular weight is 310 g/mol. The lowest BCUT2D eigenvalue weighted by Gasteiger charge is -2.43. The Kier molecular flexibility index (Phi) is 5.52. The van der Waals surface area contributed by atoms with Gasteiger partial charge in [0.05, 0.1) is 18.8 Å². The van der Waals surface area contributed by atoms with E-state index in [9.17, 15) is 25.5 Å². The fraction of sp³-hybridized carbons (Fsp3) is 1.00. The van der Waals surface area contributed by atoms with Gasteiger partial charge in [-0.1, -0.05) is 0 Å². The third-order valence-electron chi connectivity index (χ3n) is 3.80. The van der Waals surface area contributed by atoms with Crippen LogP contribution in [0.4, 0.5) is 0 Å². The molecule has 21 heavy (non-hydrogen) atoms. The van der Waals surface area contributed by atoms with Crippen LogP contribution in [-0.4, -0.2) is 92.6 Å². The van der Waals surface area contributed by atoms with Crippen LogP contribution in [0.2, 0.25) is 0 Å². The minimum Gasteiger partial charge on any atom is -0.394 e. The number of hydrogen-bond acceptors (Lipinski definition) is 9. The highest BCUT2D eigenvalue weighted by Gasteiger charge is 2.47. The third-order valence-corrected chi connectivity index (χ3v) is 3.80. The Balaban J connectivity index is 2.03. The molecule has 0 amide bonds. The van der Waals surface area contributed by atoms with E-state index in [2.05, 4.69) is 0 Å². The van der Waals surface area contributed by atoms with Crippen LogP contribution in [0.25, 0.3) is 0 Å². The summed E-state index contributed by atoms with van der Waals surface area (Å²) in [4.78, 5) is 0. The standard InChI is InChI=1S/C12H22O9/c1-4-11(5(14)2-7(15)19-4)21-12-10(18)9(17)8(16)6(3-13)20-12/h4-18H,2-3H2,1H3/t4-,5-,6-,7?,8-,9+,10-,11+,12+/m1/s1. The first-order valence-electron chi connectivity index (χ1n) is 6.82. The van der Waals surface area contributed by atoms with Gasteiger partial charge in [-0.25, -0.2) is 0 Å². The smallest absolute Gasteiger partial charge is 0.187 e. The first-order chi connectivity index (χ1) is 9.85. The van der Waals surface area contributed by atoms with E-state index < -0.39 is 61.9 Å². The zero-order valence-electron chi connectivity index (χ0n) is 11.5. The maximum atomic E-state index is 9.90. The lowest BCUT2D eigenvalue weighted by molar-refractivity contribution is -0.338. The van der Waals surface area contributed by atoms with Gasteiger partial charge in [0.2, 0.25) is 0 Å². The molecule has 9 heteroatoms. The lowest BCUT2D eigenvalue weighted by Crippen LogP contribution is -2.61. The normalized spacial score (nSPS) is 51.9. The van der Waals surface area contributed by atoms with Gasteiger partial charge in [0, 0.05) is 6.42 Å². The highest BCUT2D eigenvalue weighted by Crippen LogP contribution is 2.27. The van der Waals surface area contributed by atoms with E-state index in [0.29, 0.717) is 0 Å². The Morgan fingerprint density at radius 1 is 1.00 bits per heavy atom. The van der Waals surface area contributed by atoms with Gasteiger partial charge in [-0.2, -0.15) is 0 Å². The van der Waals surface area contributed by atoms with Crippen molar-refractivity contribution in [2.45, 2.75) is 68.7 Å². The van der Waals surface area contributed by atoms with Crippen LogP contribution in [0.3, 0.4) is 0 Å². The number of aliphatic hydroxyl groups is 6. The highest BCUT2D eigenvalue weighted by molar-refractivity contribution is 4.90. The summed E-state index contributed by atoms with van der Waals surface area (Å²) in [7, 11) is 0. The van der Waals surface area contributed by atoms with E-state index in [1.54, 1.807) is 6.92 Å². The van der Waals surface area contributed by atoms with Gasteiger partial charge in [-0.15, -0.1) is 0 Å². The maximum absolute atomic E-state index is 9.90. The summed E-state index contributed by atoms with van der Waals surface area (Å²) in [6.45, 7) is 1.00. The van der Waals surface area contributed by atoms with Crippen molar-refractivity contribution < 1.29 is 44.8 Å². The van der Waals surface area contributed by atoms with Crippen molar-refractivity contribution in [3.8, 4) is 0 Å². The van der Waals surface area contributed by atoms with E-state index >= 15 is 0 Å².